The van der Waals surface area contributed by atoms with Gasteiger partial charge in [0.15, 0.2) is 0 Å². The Morgan fingerprint density at radius 3 is 2.71 bits per heavy atom. The van der Waals surface area contributed by atoms with Crippen LogP contribution in [0.4, 0.5) is 0 Å². The van der Waals surface area contributed by atoms with Crippen LogP contribution < -0.4 is 10.5 Å². The molecular formula is C11H16ClNO. The van der Waals surface area contributed by atoms with Crippen molar-refractivity contribution in [2.45, 2.75) is 19.8 Å². The highest BCUT2D eigenvalue weighted by Gasteiger charge is 2.07. The van der Waals surface area contributed by atoms with E-state index in [1.54, 1.807) is 7.11 Å². The van der Waals surface area contributed by atoms with Gasteiger partial charge in [0.1, 0.15) is 5.75 Å². The largest absolute Gasteiger partial charge is 0.496 e. The molecule has 0 fully saturated rings. The second kappa shape index (κ2) is 5.23. The number of ether oxygens (including phenoxy) is 1. The molecule has 1 rings (SSSR count). The fourth-order valence-corrected chi connectivity index (χ4v) is 1.86. The van der Waals surface area contributed by atoms with E-state index >= 15 is 0 Å². The maximum atomic E-state index is 5.97. The minimum atomic E-state index is 0.689. The van der Waals surface area contributed by atoms with Gasteiger partial charge in [-0.05, 0) is 49.6 Å². The first-order valence-corrected chi connectivity index (χ1v) is 5.10. The van der Waals surface area contributed by atoms with Gasteiger partial charge in [0, 0.05) is 5.02 Å². The molecule has 0 aliphatic heterocycles. The summed E-state index contributed by atoms with van der Waals surface area (Å²) in [6.45, 7) is 2.69. The molecule has 78 valence electrons. The van der Waals surface area contributed by atoms with Crippen molar-refractivity contribution in [1.82, 2.24) is 0 Å². The zero-order chi connectivity index (χ0) is 10.6. The molecule has 0 amide bonds. The van der Waals surface area contributed by atoms with Gasteiger partial charge in [-0.15, -0.1) is 0 Å². The predicted octanol–water partition coefficient (Wildman–Crippen LogP) is 2.55. The van der Waals surface area contributed by atoms with E-state index in [4.69, 9.17) is 22.1 Å². The number of methoxy groups -OCH3 is 1. The Morgan fingerprint density at radius 1 is 1.43 bits per heavy atom. The monoisotopic (exact) mass is 213 g/mol. The molecule has 0 unspecified atom stereocenters. The molecule has 0 aliphatic carbocycles. The molecule has 1 aromatic carbocycles. The maximum Gasteiger partial charge on any atom is 0.125 e. The smallest absolute Gasteiger partial charge is 0.125 e. The van der Waals surface area contributed by atoms with Crippen LogP contribution in [0.25, 0.3) is 0 Å². The van der Waals surface area contributed by atoms with E-state index in [1.807, 2.05) is 19.1 Å². The summed E-state index contributed by atoms with van der Waals surface area (Å²) < 4.78 is 5.33. The van der Waals surface area contributed by atoms with Crippen LogP contribution in [-0.4, -0.2) is 13.7 Å². The minimum Gasteiger partial charge on any atom is -0.496 e. The molecule has 3 heteroatoms. The lowest BCUT2D eigenvalue weighted by atomic mass is 10.1. The summed E-state index contributed by atoms with van der Waals surface area (Å²) >= 11 is 5.97. The Kier molecular flexibility index (Phi) is 4.23. The molecule has 0 aromatic heterocycles. The van der Waals surface area contributed by atoms with Gasteiger partial charge >= 0.3 is 0 Å². The van der Waals surface area contributed by atoms with E-state index in [1.165, 1.54) is 0 Å². The number of benzene rings is 1. The summed E-state index contributed by atoms with van der Waals surface area (Å²) in [5, 5.41) is 0.760. The Balaban J connectivity index is 2.99. The number of nitrogens with two attached hydrogens (primary N) is 1. The second-order valence-electron chi connectivity index (χ2n) is 3.31. The predicted molar refractivity (Wildman–Crippen MR) is 60.1 cm³/mol. The normalized spacial score (nSPS) is 10.3. The third kappa shape index (κ3) is 2.63. The van der Waals surface area contributed by atoms with Crippen LogP contribution in [0.2, 0.25) is 5.02 Å². The quantitative estimate of drug-likeness (QED) is 0.835. The number of rotatable bonds is 4. The van der Waals surface area contributed by atoms with E-state index in [9.17, 15) is 0 Å². The van der Waals surface area contributed by atoms with Crippen LogP contribution in [-0.2, 0) is 6.42 Å². The molecule has 14 heavy (non-hydrogen) atoms. The van der Waals surface area contributed by atoms with Crippen molar-refractivity contribution in [1.29, 1.82) is 0 Å². The summed E-state index contributed by atoms with van der Waals surface area (Å²) in [6.07, 6.45) is 1.87. The molecule has 0 spiro atoms. The van der Waals surface area contributed by atoms with Crippen molar-refractivity contribution >= 4 is 11.6 Å². The van der Waals surface area contributed by atoms with E-state index in [0.29, 0.717) is 6.54 Å². The lowest BCUT2D eigenvalue weighted by Crippen LogP contribution is -2.02. The van der Waals surface area contributed by atoms with Gasteiger partial charge in [0.05, 0.1) is 7.11 Å². The highest BCUT2D eigenvalue weighted by molar-refractivity contribution is 6.30. The average Bonchev–Trinajstić information content (AvgIpc) is 2.14. The van der Waals surface area contributed by atoms with E-state index in [-0.39, 0.29) is 0 Å². The van der Waals surface area contributed by atoms with Crippen molar-refractivity contribution in [3.8, 4) is 5.75 Å². The summed E-state index contributed by atoms with van der Waals surface area (Å²) in [5.41, 5.74) is 7.69. The summed E-state index contributed by atoms with van der Waals surface area (Å²) in [6, 6.07) is 3.86. The zero-order valence-corrected chi connectivity index (χ0v) is 9.40. The molecular weight excluding hydrogens is 198 g/mol. The van der Waals surface area contributed by atoms with E-state index < -0.39 is 0 Å². The van der Waals surface area contributed by atoms with Gasteiger partial charge < -0.3 is 10.5 Å². The van der Waals surface area contributed by atoms with Crippen molar-refractivity contribution in [2.24, 2.45) is 5.73 Å². The fourth-order valence-electron chi connectivity index (χ4n) is 1.57. The Hall–Kier alpha value is -0.730. The Morgan fingerprint density at radius 2 is 2.14 bits per heavy atom. The Bertz CT molecular complexity index is 312. The van der Waals surface area contributed by atoms with Crippen LogP contribution in [0.15, 0.2) is 12.1 Å². The number of halogens is 1. The standard InChI is InChI=1S/C11H16ClNO/c1-8-6-10(12)7-9(4-3-5-13)11(8)14-2/h6-7H,3-5,13H2,1-2H3. The topological polar surface area (TPSA) is 35.2 Å². The molecule has 0 aliphatic rings. The molecule has 1 aromatic rings. The van der Waals surface area contributed by atoms with Crippen LogP contribution in [0.3, 0.4) is 0 Å². The molecule has 0 saturated heterocycles. The van der Waals surface area contributed by atoms with Crippen molar-refractivity contribution in [2.75, 3.05) is 13.7 Å². The Labute approximate surface area is 90.0 Å². The molecule has 2 N–H and O–H groups in total. The molecule has 0 saturated carbocycles. The highest BCUT2D eigenvalue weighted by Crippen LogP contribution is 2.28. The van der Waals surface area contributed by atoms with E-state index in [2.05, 4.69) is 0 Å². The maximum absolute atomic E-state index is 5.97. The van der Waals surface area contributed by atoms with Gasteiger partial charge in [-0.25, -0.2) is 0 Å². The number of hydrogen-bond donors (Lipinski definition) is 1. The van der Waals surface area contributed by atoms with Crippen LogP contribution in [0, 0.1) is 6.92 Å². The molecule has 2 nitrogen and oxygen atoms in total. The number of aryl methyl sites for hydroxylation is 2. The van der Waals surface area contributed by atoms with Gasteiger partial charge in [-0.3, -0.25) is 0 Å². The third-order valence-electron chi connectivity index (χ3n) is 2.17. The van der Waals surface area contributed by atoms with Crippen LogP contribution in [0.5, 0.6) is 5.75 Å². The van der Waals surface area contributed by atoms with E-state index in [0.717, 1.165) is 34.7 Å². The fraction of sp³-hybridized carbons (Fsp3) is 0.455. The van der Waals surface area contributed by atoms with Crippen molar-refractivity contribution in [3.63, 3.8) is 0 Å². The van der Waals surface area contributed by atoms with Gasteiger partial charge in [0.2, 0.25) is 0 Å². The minimum absolute atomic E-state index is 0.689. The first-order chi connectivity index (χ1) is 6.69. The van der Waals surface area contributed by atoms with Gasteiger partial charge in [-0.2, -0.15) is 0 Å². The highest BCUT2D eigenvalue weighted by atomic mass is 35.5. The molecule has 0 atom stereocenters. The first kappa shape index (κ1) is 11.3. The summed E-state index contributed by atoms with van der Waals surface area (Å²) in [5.74, 6) is 0.933. The average molecular weight is 214 g/mol. The zero-order valence-electron chi connectivity index (χ0n) is 8.64. The van der Waals surface area contributed by atoms with Crippen LogP contribution in [0.1, 0.15) is 17.5 Å². The molecule has 0 bridgehead atoms. The van der Waals surface area contributed by atoms with Crippen molar-refractivity contribution in [3.05, 3.63) is 28.3 Å². The SMILES string of the molecule is COc1c(C)cc(Cl)cc1CCCN. The van der Waals surface area contributed by atoms with Crippen LogP contribution >= 0.6 is 11.6 Å². The van der Waals surface area contributed by atoms with Crippen molar-refractivity contribution < 1.29 is 4.74 Å². The number of hydrogen-bond acceptors (Lipinski definition) is 2. The lowest BCUT2D eigenvalue weighted by Gasteiger charge is -2.11. The molecule has 0 radical (unpaired) electrons. The third-order valence-corrected chi connectivity index (χ3v) is 2.39. The van der Waals surface area contributed by atoms with Gasteiger partial charge in [-0.1, -0.05) is 11.6 Å². The first-order valence-electron chi connectivity index (χ1n) is 4.72. The second-order valence-corrected chi connectivity index (χ2v) is 3.74. The summed E-state index contributed by atoms with van der Waals surface area (Å²) in [7, 11) is 1.68. The molecule has 0 heterocycles. The van der Waals surface area contributed by atoms with Gasteiger partial charge in [0.25, 0.3) is 0 Å². The lowest BCUT2D eigenvalue weighted by molar-refractivity contribution is 0.406. The summed E-state index contributed by atoms with van der Waals surface area (Å²) in [4.78, 5) is 0.